The van der Waals surface area contributed by atoms with Crippen LogP contribution in [0.3, 0.4) is 0 Å². The molecule has 0 aromatic heterocycles. The fourth-order valence-electron chi connectivity index (χ4n) is 3.07. The third kappa shape index (κ3) is 2.59. The monoisotopic (exact) mass is 196 g/mol. The predicted octanol–water partition coefficient (Wildman–Crippen LogP) is 3.82. The van der Waals surface area contributed by atoms with Crippen LogP contribution in [0.4, 0.5) is 0 Å². The molecule has 1 nitrogen and oxygen atoms in total. The van der Waals surface area contributed by atoms with Gasteiger partial charge in [-0.05, 0) is 37.5 Å². The highest BCUT2D eigenvalue weighted by molar-refractivity contribution is 5.86. The van der Waals surface area contributed by atoms with Gasteiger partial charge in [-0.25, -0.2) is 0 Å². The summed E-state index contributed by atoms with van der Waals surface area (Å²) in [6, 6.07) is 0. The topological polar surface area (TPSA) is 17.1 Å². The molecule has 0 amide bonds. The minimum atomic E-state index is 0.0579. The molecule has 1 rings (SSSR count). The van der Waals surface area contributed by atoms with Gasteiger partial charge in [-0.2, -0.15) is 0 Å². The lowest BCUT2D eigenvalue weighted by Crippen LogP contribution is -2.29. The smallest absolute Gasteiger partial charge is 0.139 e. The van der Waals surface area contributed by atoms with Crippen molar-refractivity contribution < 1.29 is 4.79 Å². The second-order valence-corrected chi connectivity index (χ2v) is 5.75. The molecular formula is C13H24O. The zero-order valence-electron chi connectivity index (χ0n) is 10.1. The first-order valence-corrected chi connectivity index (χ1v) is 5.99. The van der Waals surface area contributed by atoms with E-state index >= 15 is 0 Å². The molecule has 0 N–H and O–H groups in total. The summed E-state index contributed by atoms with van der Waals surface area (Å²) in [5, 5.41) is 0. The maximum atomic E-state index is 12.0. The summed E-state index contributed by atoms with van der Waals surface area (Å²) in [6.45, 7) is 8.92. The van der Waals surface area contributed by atoms with Gasteiger partial charge in [0.05, 0.1) is 0 Å². The van der Waals surface area contributed by atoms with Crippen molar-refractivity contribution in [1.29, 1.82) is 0 Å². The van der Waals surface area contributed by atoms with E-state index < -0.39 is 0 Å². The third-order valence-electron chi connectivity index (χ3n) is 3.25. The molecule has 0 radical (unpaired) electrons. The first kappa shape index (κ1) is 11.7. The van der Waals surface area contributed by atoms with Gasteiger partial charge < -0.3 is 0 Å². The maximum absolute atomic E-state index is 12.0. The summed E-state index contributed by atoms with van der Waals surface area (Å²) < 4.78 is 0. The molecule has 14 heavy (non-hydrogen) atoms. The summed E-state index contributed by atoms with van der Waals surface area (Å²) in [4.78, 5) is 12.0. The van der Waals surface area contributed by atoms with Gasteiger partial charge in [-0.3, -0.25) is 4.79 Å². The van der Waals surface area contributed by atoms with Gasteiger partial charge in [0.25, 0.3) is 0 Å². The Balaban J connectivity index is 2.73. The van der Waals surface area contributed by atoms with Gasteiger partial charge in [0.1, 0.15) is 5.78 Å². The van der Waals surface area contributed by atoms with Crippen molar-refractivity contribution in [3.8, 4) is 0 Å². The molecule has 0 spiro atoms. The highest BCUT2D eigenvalue weighted by Crippen LogP contribution is 2.44. The molecule has 0 aromatic carbocycles. The summed E-state index contributed by atoms with van der Waals surface area (Å²) in [6.07, 6.45) is 5.30. The van der Waals surface area contributed by atoms with Crippen molar-refractivity contribution in [2.75, 3.05) is 0 Å². The lowest BCUT2D eigenvalue weighted by atomic mass is 9.72. The average Bonchev–Trinajstić information content (AvgIpc) is 2.29. The summed E-state index contributed by atoms with van der Waals surface area (Å²) in [5.41, 5.74) is 0.0579. The molecule has 0 heterocycles. The molecule has 0 saturated heterocycles. The molecule has 1 aliphatic rings. The third-order valence-corrected chi connectivity index (χ3v) is 3.25. The van der Waals surface area contributed by atoms with Crippen LogP contribution in [-0.2, 0) is 4.79 Å². The molecule has 1 saturated carbocycles. The second kappa shape index (κ2) is 4.46. The Morgan fingerprint density at radius 3 is 1.93 bits per heavy atom. The van der Waals surface area contributed by atoms with Gasteiger partial charge >= 0.3 is 0 Å². The van der Waals surface area contributed by atoms with E-state index in [1.54, 1.807) is 0 Å². The molecule has 82 valence electrons. The average molecular weight is 196 g/mol. The lowest BCUT2D eigenvalue weighted by Gasteiger charge is -2.31. The van der Waals surface area contributed by atoms with Crippen LogP contribution >= 0.6 is 0 Å². The van der Waals surface area contributed by atoms with E-state index in [0.29, 0.717) is 17.6 Å². The fraction of sp³-hybridized carbons (Fsp3) is 0.923. The highest BCUT2D eigenvalue weighted by atomic mass is 16.1. The quantitative estimate of drug-likeness (QED) is 0.668. The predicted molar refractivity (Wildman–Crippen MR) is 60.2 cm³/mol. The number of rotatable bonds is 4. The van der Waals surface area contributed by atoms with Crippen molar-refractivity contribution in [3.05, 3.63) is 0 Å². The van der Waals surface area contributed by atoms with Crippen LogP contribution in [-0.4, -0.2) is 5.78 Å². The van der Waals surface area contributed by atoms with Crippen molar-refractivity contribution in [2.24, 2.45) is 17.3 Å². The molecule has 0 atom stereocenters. The number of ketones is 1. The normalized spacial score (nSPS) is 21.1. The van der Waals surface area contributed by atoms with E-state index in [9.17, 15) is 4.79 Å². The van der Waals surface area contributed by atoms with Crippen LogP contribution in [0.5, 0.6) is 0 Å². The van der Waals surface area contributed by atoms with E-state index in [1.165, 1.54) is 0 Å². The SMILES string of the molecule is CC(C)CC1(CC(C)C)CCCC1=O. The molecule has 0 bridgehead atoms. The molecule has 0 aromatic rings. The molecule has 1 fully saturated rings. The number of Topliss-reactive ketones (excluding diaryl/α,β-unsaturated/α-hetero) is 1. The van der Waals surface area contributed by atoms with Crippen molar-refractivity contribution in [3.63, 3.8) is 0 Å². The first-order chi connectivity index (χ1) is 6.46. The van der Waals surface area contributed by atoms with E-state index in [2.05, 4.69) is 27.7 Å². The minimum absolute atomic E-state index is 0.0579. The second-order valence-electron chi connectivity index (χ2n) is 5.75. The number of carbonyl (C=O) groups is 1. The van der Waals surface area contributed by atoms with Crippen LogP contribution in [0, 0.1) is 17.3 Å². The largest absolute Gasteiger partial charge is 0.299 e. The zero-order valence-corrected chi connectivity index (χ0v) is 10.1. The Morgan fingerprint density at radius 2 is 1.64 bits per heavy atom. The van der Waals surface area contributed by atoms with E-state index in [-0.39, 0.29) is 5.41 Å². The van der Waals surface area contributed by atoms with Crippen LogP contribution in [0.2, 0.25) is 0 Å². The van der Waals surface area contributed by atoms with Gasteiger partial charge in [0.15, 0.2) is 0 Å². The molecule has 1 heteroatoms. The number of hydrogen-bond donors (Lipinski definition) is 0. The van der Waals surface area contributed by atoms with E-state index in [4.69, 9.17) is 0 Å². The number of carbonyl (C=O) groups excluding carboxylic acids is 1. The van der Waals surface area contributed by atoms with Crippen molar-refractivity contribution in [1.82, 2.24) is 0 Å². The lowest BCUT2D eigenvalue weighted by molar-refractivity contribution is -0.127. The van der Waals surface area contributed by atoms with Gasteiger partial charge in [0, 0.05) is 11.8 Å². The summed E-state index contributed by atoms with van der Waals surface area (Å²) >= 11 is 0. The standard InChI is InChI=1S/C13H24O/c1-10(2)8-13(9-11(3)4)7-5-6-12(13)14/h10-11H,5-9H2,1-4H3. The van der Waals surface area contributed by atoms with Gasteiger partial charge in [-0.15, -0.1) is 0 Å². The molecule has 0 aliphatic heterocycles. The Labute approximate surface area is 88.3 Å². The summed E-state index contributed by atoms with van der Waals surface area (Å²) in [5.74, 6) is 1.84. The Kier molecular flexibility index (Phi) is 3.74. The molecular weight excluding hydrogens is 172 g/mol. The van der Waals surface area contributed by atoms with Crippen LogP contribution in [0.1, 0.15) is 59.8 Å². The minimum Gasteiger partial charge on any atom is -0.299 e. The van der Waals surface area contributed by atoms with Crippen LogP contribution in [0.15, 0.2) is 0 Å². The number of hydrogen-bond acceptors (Lipinski definition) is 1. The van der Waals surface area contributed by atoms with Crippen LogP contribution in [0.25, 0.3) is 0 Å². The van der Waals surface area contributed by atoms with Gasteiger partial charge in [0.2, 0.25) is 0 Å². The molecule has 0 unspecified atom stereocenters. The van der Waals surface area contributed by atoms with Crippen molar-refractivity contribution >= 4 is 5.78 Å². The van der Waals surface area contributed by atoms with E-state index in [1.807, 2.05) is 0 Å². The molecule has 1 aliphatic carbocycles. The van der Waals surface area contributed by atoms with Gasteiger partial charge in [-0.1, -0.05) is 27.7 Å². The summed E-state index contributed by atoms with van der Waals surface area (Å²) in [7, 11) is 0. The highest BCUT2D eigenvalue weighted by Gasteiger charge is 2.42. The Bertz CT molecular complexity index is 193. The van der Waals surface area contributed by atoms with Crippen molar-refractivity contribution in [2.45, 2.75) is 59.8 Å². The Morgan fingerprint density at radius 1 is 1.14 bits per heavy atom. The van der Waals surface area contributed by atoms with E-state index in [0.717, 1.165) is 32.1 Å². The maximum Gasteiger partial charge on any atom is 0.139 e. The Hall–Kier alpha value is -0.330. The first-order valence-electron chi connectivity index (χ1n) is 5.99. The zero-order chi connectivity index (χ0) is 10.8. The van der Waals surface area contributed by atoms with Crippen LogP contribution < -0.4 is 0 Å². The fourth-order valence-corrected chi connectivity index (χ4v) is 3.07.